The molecular weight excluding hydrogens is 254 g/mol. The van der Waals surface area contributed by atoms with Crippen LogP contribution in [0.5, 0.6) is 0 Å². The molecule has 20 heavy (non-hydrogen) atoms. The summed E-state index contributed by atoms with van der Waals surface area (Å²) in [6.45, 7) is 9.09. The quantitative estimate of drug-likeness (QED) is 0.842. The molecule has 0 spiro atoms. The highest BCUT2D eigenvalue weighted by Gasteiger charge is 2.17. The van der Waals surface area contributed by atoms with Crippen molar-refractivity contribution in [1.29, 1.82) is 0 Å². The van der Waals surface area contributed by atoms with Gasteiger partial charge in [-0.2, -0.15) is 0 Å². The standard InChI is InChI=1S/C16H25NO3/c1-15(2,3)20-14(18)11-13-8-6-7-12(17-13)9-10-16(4,5)19/h6-8,19H,9-11H2,1-5H3. The average molecular weight is 279 g/mol. The zero-order valence-corrected chi connectivity index (χ0v) is 13.1. The summed E-state index contributed by atoms with van der Waals surface area (Å²) in [5.74, 6) is -0.273. The van der Waals surface area contributed by atoms with Crippen LogP contribution in [-0.4, -0.2) is 27.3 Å². The average Bonchev–Trinajstić information content (AvgIpc) is 2.23. The zero-order valence-electron chi connectivity index (χ0n) is 13.1. The first-order valence-corrected chi connectivity index (χ1v) is 6.94. The highest BCUT2D eigenvalue weighted by Crippen LogP contribution is 2.13. The van der Waals surface area contributed by atoms with E-state index < -0.39 is 11.2 Å². The van der Waals surface area contributed by atoms with Crippen LogP contribution in [0.2, 0.25) is 0 Å². The van der Waals surface area contributed by atoms with Gasteiger partial charge in [-0.25, -0.2) is 0 Å². The molecule has 0 radical (unpaired) electrons. The van der Waals surface area contributed by atoms with Crippen LogP contribution in [0.3, 0.4) is 0 Å². The van der Waals surface area contributed by atoms with E-state index in [2.05, 4.69) is 4.98 Å². The monoisotopic (exact) mass is 279 g/mol. The van der Waals surface area contributed by atoms with Gasteiger partial charge in [0, 0.05) is 5.69 Å². The molecular formula is C16H25NO3. The fraction of sp³-hybridized carbons (Fsp3) is 0.625. The molecule has 0 aromatic carbocycles. The van der Waals surface area contributed by atoms with Crippen LogP contribution in [0, 0.1) is 0 Å². The number of aliphatic hydroxyl groups is 1. The Morgan fingerprint density at radius 3 is 2.35 bits per heavy atom. The second kappa shape index (κ2) is 6.35. The summed E-state index contributed by atoms with van der Waals surface area (Å²) in [5, 5.41) is 9.72. The lowest BCUT2D eigenvalue weighted by molar-refractivity contribution is -0.154. The van der Waals surface area contributed by atoms with Crippen molar-refractivity contribution < 1.29 is 14.6 Å². The third-order valence-electron chi connectivity index (χ3n) is 2.60. The van der Waals surface area contributed by atoms with Crippen LogP contribution < -0.4 is 0 Å². The van der Waals surface area contributed by atoms with Gasteiger partial charge < -0.3 is 9.84 Å². The molecule has 0 aliphatic heterocycles. The third-order valence-corrected chi connectivity index (χ3v) is 2.60. The van der Waals surface area contributed by atoms with Gasteiger partial charge >= 0.3 is 5.97 Å². The van der Waals surface area contributed by atoms with Gasteiger partial charge in [-0.15, -0.1) is 0 Å². The minimum Gasteiger partial charge on any atom is -0.460 e. The zero-order chi connectivity index (χ0) is 15.4. The van der Waals surface area contributed by atoms with Crippen molar-refractivity contribution in [2.45, 2.75) is 65.1 Å². The van der Waals surface area contributed by atoms with Crippen LogP contribution in [0.15, 0.2) is 18.2 Å². The van der Waals surface area contributed by atoms with Gasteiger partial charge in [-0.05, 0) is 59.6 Å². The van der Waals surface area contributed by atoms with Crippen LogP contribution >= 0.6 is 0 Å². The first-order chi connectivity index (χ1) is 9.05. The Labute approximate surface area is 121 Å². The van der Waals surface area contributed by atoms with E-state index in [0.717, 1.165) is 5.69 Å². The Balaban J connectivity index is 2.62. The Hall–Kier alpha value is -1.42. The van der Waals surface area contributed by atoms with E-state index in [4.69, 9.17) is 4.74 Å². The molecule has 0 saturated carbocycles. The molecule has 0 amide bonds. The van der Waals surface area contributed by atoms with E-state index in [9.17, 15) is 9.90 Å². The van der Waals surface area contributed by atoms with E-state index in [-0.39, 0.29) is 12.4 Å². The molecule has 0 unspecified atom stereocenters. The number of esters is 1. The molecule has 4 heteroatoms. The van der Waals surface area contributed by atoms with E-state index in [1.807, 2.05) is 39.0 Å². The summed E-state index contributed by atoms with van der Waals surface area (Å²) in [4.78, 5) is 16.2. The lowest BCUT2D eigenvalue weighted by Gasteiger charge is -2.19. The maximum absolute atomic E-state index is 11.8. The predicted octanol–water partition coefficient (Wildman–Crippen LogP) is 2.67. The predicted molar refractivity (Wildman–Crippen MR) is 78.4 cm³/mol. The van der Waals surface area contributed by atoms with Gasteiger partial charge in [0.05, 0.1) is 17.7 Å². The number of pyridine rings is 1. The molecule has 0 saturated heterocycles. The Kier molecular flexibility index (Phi) is 5.28. The van der Waals surface area contributed by atoms with Gasteiger partial charge in [0.15, 0.2) is 0 Å². The highest BCUT2D eigenvalue weighted by molar-refractivity contribution is 5.72. The van der Waals surface area contributed by atoms with Gasteiger partial charge in [0.1, 0.15) is 5.60 Å². The summed E-state index contributed by atoms with van der Waals surface area (Å²) in [7, 11) is 0. The molecule has 4 nitrogen and oxygen atoms in total. The largest absolute Gasteiger partial charge is 0.460 e. The number of aryl methyl sites for hydroxylation is 1. The molecule has 1 aromatic rings. The van der Waals surface area contributed by atoms with Crippen LogP contribution in [0.25, 0.3) is 0 Å². The van der Waals surface area contributed by atoms with Crippen molar-refractivity contribution in [3.8, 4) is 0 Å². The SMILES string of the molecule is CC(C)(O)CCc1cccc(CC(=O)OC(C)(C)C)n1. The third kappa shape index (κ3) is 7.24. The molecule has 112 valence electrons. The summed E-state index contributed by atoms with van der Waals surface area (Å²) in [6, 6.07) is 5.61. The topological polar surface area (TPSA) is 59.4 Å². The summed E-state index contributed by atoms with van der Waals surface area (Å²) in [5.41, 5.74) is 0.402. The second-order valence-corrected chi connectivity index (χ2v) is 6.70. The Morgan fingerprint density at radius 2 is 1.80 bits per heavy atom. The van der Waals surface area contributed by atoms with Crippen molar-refractivity contribution in [1.82, 2.24) is 4.98 Å². The minimum absolute atomic E-state index is 0.174. The minimum atomic E-state index is -0.706. The Morgan fingerprint density at radius 1 is 1.20 bits per heavy atom. The number of hydrogen-bond donors (Lipinski definition) is 1. The molecule has 0 fully saturated rings. The van der Waals surface area contributed by atoms with Gasteiger partial charge in [-0.1, -0.05) is 6.07 Å². The molecule has 0 bridgehead atoms. The van der Waals surface area contributed by atoms with E-state index in [1.165, 1.54) is 0 Å². The number of ether oxygens (including phenoxy) is 1. The number of carbonyl (C=O) groups excluding carboxylic acids is 1. The number of hydrogen-bond acceptors (Lipinski definition) is 4. The second-order valence-electron chi connectivity index (χ2n) is 6.70. The molecule has 0 aliphatic carbocycles. The normalized spacial score (nSPS) is 12.3. The lowest BCUT2D eigenvalue weighted by Crippen LogP contribution is -2.25. The van der Waals surface area contributed by atoms with Gasteiger partial charge in [0.2, 0.25) is 0 Å². The molecule has 1 N–H and O–H groups in total. The van der Waals surface area contributed by atoms with Crippen molar-refractivity contribution in [2.24, 2.45) is 0 Å². The highest BCUT2D eigenvalue weighted by atomic mass is 16.6. The van der Waals surface area contributed by atoms with E-state index >= 15 is 0 Å². The molecule has 1 rings (SSSR count). The van der Waals surface area contributed by atoms with E-state index in [1.54, 1.807) is 13.8 Å². The summed E-state index contributed by atoms with van der Waals surface area (Å²) < 4.78 is 5.28. The fourth-order valence-corrected chi connectivity index (χ4v) is 1.73. The maximum atomic E-state index is 11.8. The number of carbonyl (C=O) groups is 1. The number of nitrogens with zero attached hydrogens (tertiary/aromatic N) is 1. The van der Waals surface area contributed by atoms with Crippen LogP contribution in [0.1, 0.15) is 52.4 Å². The number of rotatable bonds is 5. The number of aromatic nitrogens is 1. The van der Waals surface area contributed by atoms with Gasteiger partial charge in [0.25, 0.3) is 0 Å². The van der Waals surface area contributed by atoms with E-state index in [0.29, 0.717) is 18.5 Å². The fourth-order valence-electron chi connectivity index (χ4n) is 1.73. The van der Waals surface area contributed by atoms with Gasteiger partial charge in [-0.3, -0.25) is 9.78 Å². The summed E-state index contributed by atoms with van der Waals surface area (Å²) in [6.07, 6.45) is 1.50. The first-order valence-electron chi connectivity index (χ1n) is 6.94. The van der Waals surface area contributed by atoms with Crippen molar-refractivity contribution in [2.75, 3.05) is 0 Å². The van der Waals surface area contributed by atoms with Crippen molar-refractivity contribution >= 4 is 5.97 Å². The van der Waals surface area contributed by atoms with Crippen molar-refractivity contribution in [3.63, 3.8) is 0 Å². The molecule has 0 atom stereocenters. The summed E-state index contributed by atoms with van der Waals surface area (Å²) >= 11 is 0. The Bertz CT molecular complexity index is 456. The molecule has 0 aliphatic rings. The maximum Gasteiger partial charge on any atom is 0.312 e. The lowest BCUT2D eigenvalue weighted by atomic mass is 10.0. The van der Waals surface area contributed by atoms with Crippen molar-refractivity contribution in [3.05, 3.63) is 29.6 Å². The molecule has 1 aromatic heterocycles. The molecule has 1 heterocycles. The smallest absolute Gasteiger partial charge is 0.312 e. The first kappa shape index (κ1) is 16.6. The van der Waals surface area contributed by atoms with Crippen LogP contribution in [-0.2, 0) is 22.4 Å². The van der Waals surface area contributed by atoms with Crippen LogP contribution in [0.4, 0.5) is 0 Å².